The highest BCUT2D eigenvalue weighted by molar-refractivity contribution is 5.87. The Morgan fingerprint density at radius 3 is 2.14 bits per heavy atom. The van der Waals surface area contributed by atoms with E-state index in [1.807, 2.05) is 0 Å². The van der Waals surface area contributed by atoms with E-state index in [1.54, 1.807) is 5.32 Å². The quantitative estimate of drug-likeness (QED) is 0.754. The number of hydrogen-bond acceptors (Lipinski definition) is 3. The molecule has 2 rings (SSSR count). The molecule has 1 amide bonds. The molecule has 0 saturated carbocycles. The van der Waals surface area contributed by atoms with Crippen LogP contribution in [0.25, 0.3) is 0 Å². The van der Waals surface area contributed by atoms with Gasteiger partial charge in [0.25, 0.3) is 11.5 Å². The van der Waals surface area contributed by atoms with E-state index in [0.29, 0.717) is 18.3 Å². The van der Waals surface area contributed by atoms with Crippen molar-refractivity contribution in [1.29, 1.82) is 0 Å². The maximum Gasteiger partial charge on any atom is 0.430 e. The molecular formula is C16H10F8N2O2. The fourth-order valence-electron chi connectivity index (χ4n) is 2.19. The Kier molecular flexibility index (Phi) is 5.64. The third-order valence-corrected chi connectivity index (χ3v) is 3.65. The lowest BCUT2D eigenvalue weighted by Gasteiger charge is -2.29. The SMILES string of the molecule is O=C(NCc1cncc(C(F)(F)F)c1)C(O)(c1ccc(F)c(F)c1)C(F)(F)F. The molecule has 2 aromatic rings. The highest BCUT2D eigenvalue weighted by Gasteiger charge is 2.61. The minimum absolute atomic E-state index is 0.00572. The number of nitrogens with one attached hydrogen (secondary N) is 1. The van der Waals surface area contributed by atoms with Gasteiger partial charge in [0.2, 0.25) is 0 Å². The third-order valence-electron chi connectivity index (χ3n) is 3.65. The van der Waals surface area contributed by atoms with Crippen molar-refractivity contribution < 1.29 is 45.0 Å². The summed E-state index contributed by atoms with van der Waals surface area (Å²) in [6.07, 6.45) is -9.09. The lowest BCUT2D eigenvalue weighted by molar-refractivity contribution is -0.257. The molecule has 0 fully saturated rings. The van der Waals surface area contributed by atoms with E-state index in [4.69, 9.17) is 0 Å². The fraction of sp³-hybridized carbons (Fsp3) is 0.250. The van der Waals surface area contributed by atoms with Crippen molar-refractivity contribution in [2.45, 2.75) is 24.5 Å². The summed E-state index contributed by atoms with van der Waals surface area (Å²) in [5.41, 5.74) is -7.08. The molecule has 0 aliphatic heterocycles. The van der Waals surface area contributed by atoms with Crippen LogP contribution in [-0.2, 0) is 23.1 Å². The van der Waals surface area contributed by atoms with Crippen molar-refractivity contribution in [1.82, 2.24) is 10.3 Å². The maximum atomic E-state index is 13.3. The number of hydrogen-bond donors (Lipinski definition) is 2. The fourth-order valence-corrected chi connectivity index (χ4v) is 2.19. The van der Waals surface area contributed by atoms with Gasteiger partial charge in [-0.15, -0.1) is 0 Å². The first-order chi connectivity index (χ1) is 12.8. The first kappa shape index (κ1) is 21.5. The summed E-state index contributed by atoms with van der Waals surface area (Å²) in [5.74, 6) is -5.35. The van der Waals surface area contributed by atoms with Gasteiger partial charge in [-0.3, -0.25) is 9.78 Å². The lowest BCUT2D eigenvalue weighted by Crippen LogP contribution is -2.54. The van der Waals surface area contributed by atoms with Gasteiger partial charge in [-0.1, -0.05) is 6.07 Å². The number of pyridine rings is 1. The molecule has 0 aliphatic rings. The first-order valence-corrected chi connectivity index (χ1v) is 7.31. The maximum absolute atomic E-state index is 13.3. The number of rotatable bonds is 4. The third kappa shape index (κ3) is 4.21. The number of carbonyl (C=O) groups excluding carboxylic acids is 1. The number of alkyl halides is 6. The van der Waals surface area contributed by atoms with Crippen LogP contribution in [0.15, 0.2) is 36.7 Å². The topological polar surface area (TPSA) is 62.2 Å². The Hall–Kier alpha value is -2.76. The van der Waals surface area contributed by atoms with Gasteiger partial charge in [0, 0.05) is 24.5 Å². The standard InChI is InChI=1S/C16H10F8N2O2/c17-11-2-1-9(4-12(11)18)14(28,16(22,23)24)13(27)26-6-8-3-10(7-25-5-8)15(19,20)21/h1-5,7,28H,6H2,(H,26,27). The van der Waals surface area contributed by atoms with Crippen LogP contribution in [0.4, 0.5) is 35.1 Å². The largest absolute Gasteiger partial charge is 0.430 e. The summed E-state index contributed by atoms with van der Waals surface area (Å²) < 4.78 is 104. The van der Waals surface area contributed by atoms with Crippen LogP contribution in [0.1, 0.15) is 16.7 Å². The zero-order valence-electron chi connectivity index (χ0n) is 13.5. The molecule has 1 unspecified atom stereocenters. The number of aromatic nitrogens is 1. The van der Waals surface area contributed by atoms with Crippen LogP contribution >= 0.6 is 0 Å². The van der Waals surface area contributed by atoms with Gasteiger partial charge in [0.15, 0.2) is 11.6 Å². The van der Waals surface area contributed by atoms with Crippen LogP contribution in [0.3, 0.4) is 0 Å². The first-order valence-electron chi connectivity index (χ1n) is 7.31. The average Bonchev–Trinajstić information content (AvgIpc) is 2.59. The predicted molar refractivity (Wildman–Crippen MR) is 77.4 cm³/mol. The molecule has 12 heteroatoms. The van der Waals surface area contributed by atoms with Gasteiger partial charge in [-0.05, 0) is 23.8 Å². The average molecular weight is 414 g/mol. The number of halogens is 8. The van der Waals surface area contributed by atoms with Crippen molar-refractivity contribution in [2.24, 2.45) is 0 Å². The number of benzene rings is 1. The molecule has 0 saturated heterocycles. The molecule has 0 aliphatic carbocycles. The second kappa shape index (κ2) is 7.34. The van der Waals surface area contributed by atoms with Crippen LogP contribution in [0.2, 0.25) is 0 Å². The predicted octanol–water partition coefficient (Wildman–Crippen LogP) is 3.44. The van der Waals surface area contributed by atoms with E-state index < -0.39 is 53.2 Å². The molecule has 1 aromatic carbocycles. The summed E-state index contributed by atoms with van der Waals surface area (Å²) in [6.45, 7) is -0.849. The molecule has 4 nitrogen and oxygen atoms in total. The van der Waals surface area contributed by atoms with E-state index >= 15 is 0 Å². The normalized spacial score (nSPS) is 14.5. The second-order valence-corrected chi connectivity index (χ2v) is 5.60. The van der Waals surface area contributed by atoms with Crippen molar-refractivity contribution in [3.05, 3.63) is 65.0 Å². The monoisotopic (exact) mass is 414 g/mol. The van der Waals surface area contributed by atoms with E-state index in [1.165, 1.54) is 0 Å². The zero-order valence-corrected chi connectivity index (χ0v) is 13.5. The van der Waals surface area contributed by atoms with Gasteiger partial charge >= 0.3 is 12.4 Å². The summed E-state index contributed by atoms with van der Waals surface area (Å²) in [7, 11) is 0. The van der Waals surface area contributed by atoms with E-state index in [2.05, 4.69) is 4.98 Å². The Morgan fingerprint density at radius 1 is 0.964 bits per heavy atom. The Morgan fingerprint density at radius 2 is 1.61 bits per heavy atom. The molecule has 1 aromatic heterocycles. The van der Waals surface area contributed by atoms with Gasteiger partial charge in [0.1, 0.15) is 0 Å². The summed E-state index contributed by atoms with van der Waals surface area (Å²) in [6, 6.07) is 1.18. The smallest absolute Gasteiger partial charge is 0.369 e. The lowest BCUT2D eigenvalue weighted by atomic mass is 9.91. The van der Waals surface area contributed by atoms with Crippen LogP contribution in [-0.4, -0.2) is 22.2 Å². The molecule has 1 heterocycles. The molecule has 2 N–H and O–H groups in total. The zero-order chi connectivity index (χ0) is 21.3. The summed E-state index contributed by atoms with van der Waals surface area (Å²) in [5, 5.41) is 11.6. The molecule has 0 spiro atoms. The van der Waals surface area contributed by atoms with Crippen LogP contribution in [0, 0.1) is 11.6 Å². The van der Waals surface area contributed by atoms with Gasteiger partial charge < -0.3 is 10.4 Å². The number of carbonyl (C=O) groups is 1. The van der Waals surface area contributed by atoms with Crippen molar-refractivity contribution in [3.8, 4) is 0 Å². The second-order valence-electron chi connectivity index (χ2n) is 5.60. The molecule has 152 valence electrons. The summed E-state index contributed by atoms with van der Waals surface area (Å²) >= 11 is 0. The molecule has 0 bridgehead atoms. The van der Waals surface area contributed by atoms with Crippen molar-refractivity contribution in [3.63, 3.8) is 0 Å². The molecular weight excluding hydrogens is 404 g/mol. The van der Waals surface area contributed by atoms with Crippen LogP contribution in [0.5, 0.6) is 0 Å². The van der Waals surface area contributed by atoms with Gasteiger partial charge in [-0.25, -0.2) is 8.78 Å². The minimum Gasteiger partial charge on any atom is -0.369 e. The minimum atomic E-state index is -5.65. The highest BCUT2D eigenvalue weighted by Crippen LogP contribution is 2.39. The van der Waals surface area contributed by atoms with Gasteiger partial charge in [-0.2, -0.15) is 26.3 Å². The Bertz CT molecular complexity index is 882. The van der Waals surface area contributed by atoms with Crippen molar-refractivity contribution in [2.75, 3.05) is 0 Å². The van der Waals surface area contributed by atoms with E-state index in [9.17, 15) is 45.0 Å². The van der Waals surface area contributed by atoms with Crippen LogP contribution < -0.4 is 5.32 Å². The molecule has 28 heavy (non-hydrogen) atoms. The molecule has 0 radical (unpaired) electrons. The summed E-state index contributed by atoms with van der Waals surface area (Å²) in [4.78, 5) is 15.3. The van der Waals surface area contributed by atoms with Crippen molar-refractivity contribution >= 4 is 5.91 Å². The van der Waals surface area contributed by atoms with E-state index in [-0.39, 0.29) is 17.7 Å². The Labute approximate surface area is 151 Å². The number of aliphatic hydroxyl groups is 1. The van der Waals surface area contributed by atoms with E-state index in [0.717, 1.165) is 6.20 Å². The highest BCUT2D eigenvalue weighted by atomic mass is 19.4. The Balaban J connectivity index is 2.31. The molecule has 1 atom stereocenters. The van der Waals surface area contributed by atoms with Gasteiger partial charge in [0.05, 0.1) is 5.56 Å². The number of amides is 1. The number of nitrogens with zero attached hydrogens (tertiary/aromatic N) is 1.